The van der Waals surface area contributed by atoms with E-state index in [1.54, 1.807) is 25.3 Å². The molecule has 0 unspecified atom stereocenters. The Morgan fingerprint density at radius 1 is 1.03 bits per heavy atom. The number of halogens is 1. The molecule has 2 amide bonds. The van der Waals surface area contributed by atoms with Crippen LogP contribution >= 0.6 is 11.3 Å². The Hall–Kier alpha value is -3.39. The number of hydrogen-bond donors (Lipinski definition) is 2. The van der Waals surface area contributed by atoms with E-state index < -0.39 is 11.7 Å². The van der Waals surface area contributed by atoms with Crippen LogP contribution in [-0.4, -0.2) is 26.0 Å². The fraction of sp³-hybridized carbons (Fsp3) is 0.280. The number of benzene rings is 2. The van der Waals surface area contributed by atoms with E-state index in [9.17, 15) is 14.0 Å². The normalized spacial score (nSPS) is 14.8. The van der Waals surface area contributed by atoms with Gasteiger partial charge in [-0.05, 0) is 67.1 Å². The van der Waals surface area contributed by atoms with Crippen LogP contribution in [0.3, 0.4) is 0 Å². The first kappa shape index (κ1) is 22.8. The summed E-state index contributed by atoms with van der Waals surface area (Å²) < 4.78 is 23.9. The maximum Gasteiger partial charge on any atom is 0.259 e. The number of ether oxygens (including phenoxy) is 2. The summed E-state index contributed by atoms with van der Waals surface area (Å²) in [4.78, 5) is 27.4. The van der Waals surface area contributed by atoms with Crippen LogP contribution in [0.5, 0.6) is 11.5 Å². The highest BCUT2D eigenvalue weighted by molar-refractivity contribution is 7.17. The first-order valence-corrected chi connectivity index (χ1v) is 11.5. The van der Waals surface area contributed by atoms with E-state index in [2.05, 4.69) is 17.6 Å². The number of methoxy groups -OCH3 is 2. The topological polar surface area (TPSA) is 76.7 Å². The number of thiophene rings is 1. The molecule has 8 heteroatoms. The van der Waals surface area contributed by atoms with Gasteiger partial charge in [-0.25, -0.2) is 4.39 Å². The zero-order valence-electron chi connectivity index (χ0n) is 18.7. The van der Waals surface area contributed by atoms with Gasteiger partial charge in [0.15, 0.2) is 0 Å². The van der Waals surface area contributed by atoms with Crippen molar-refractivity contribution in [3.63, 3.8) is 0 Å². The number of fused-ring (bicyclic) bond motifs is 1. The van der Waals surface area contributed by atoms with Crippen LogP contribution in [-0.2, 0) is 12.8 Å². The SMILES string of the molecule is COc1ccc(NC(=O)c2c(NC(=O)c3ccc(F)cc3)sc3c2CC[C@H](C)C3)c(OC)c1. The molecule has 1 heterocycles. The third kappa shape index (κ3) is 4.85. The maximum atomic E-state index is 13.4. The van der Waals surface area contributed by atoms with Gasteiger partial charge in [-0.2, -0.15) is 0 Å². The van der Waals surface area contributed by atoms with Crippen LogP contribution in [0.1, 0.15) is 44.5 Å². The number of nitrogens with one attached hydrogen (secondary N) is 2. The van der Waals surface area contributed by atoms with Crippen molar-refractivity contribution in [2.45, 2.75) is 26.2 Å². The van der Waals surface area contributed by atoms with Crippen molar-refractivity contribution in [1.82, 2.24) is 0 Å². The van der Waals surface area contributed by atoms with Crippen LogP contribution in [0.4, 0.5) is 15.1 Å². The summed E-state index contributed by atoms with van der Waals surface area (Å²) in [6.07, 6.45) is 2.60. The molecule has 1 aromatic heterocycles. The Labute approximate surface area is 195 Å². The number of carbonyl (C=O) groups excluding carboxylic acids is 2. The van der Waals surface area contributed by atoms with E-state index in [0.29, 0.717) is 39.2 Å². The Balaban J connectivity index is 1.67. The summed E-state index contributed by atoms with van der Waals surface area (Å²) in [5.74, 6) is 0.462. The molecule has 1 aliphatic carbocycles. The molecule has 0 bridgehead atoms. The van der Waals surface area contributed by atoms with Gasteiger partial charge < -0.3 is 20.1 Å². The monoisotopic (exact) mass is 468 g/mol. The first-order valence-electron chi connectivity index (χ1n) is 10.6. The number of carbonyl (C=O) groups is 2. The van der Waals surface area contributed by atoms with Gasteiger partial charge in [0.2, 0.25) is 0 Å². The third-order valence-electron chi connectivity index (χ3n) is 5.73. The highest BCUT2D eigenvalue weighted by Gasteiger charge is 2.29. The number of anilines is 2. The van der Waals surface area contributed by atoms with Gasteiger partial charge in [0.25, 0.3) is 11.8 Å². The fourth-order valence-corrected chi connectivity index (χ4v) is 5.35. The minimum atomic E-state index is -0.416. The van der Waals surface area contributed by atoms with Crippen LogP contribution < -0.4 is 20.1 Å². The molecule has 2 N–H and O–H groups in total. The van der Waals surface area contributed by atoms with Gasteiger partial charge in [0.05, 0.1) is 25.5 Å². The average molecular weight is 469 g/mol. The smallest absolute Gasteiger partial charge is 0.259 e. The Bertz CT molecular complexity index is 1190. The van der Waals surface area contributed by atoms with Gasteiger partial charge in [0, 0.05) is 16.5 Å². The van der Waals surface area contributed by atoms with Gasteiger partial charge in [-0.1, -0.05) is 6.92 Å². The van der Waals surface area contributed by atoms with Crippen LogP contribution in [0.25, 0.3) is 0 Å². The Kier molecular flexibility index (Phi) is 6.65. The second kappa shape index (κ2) is 9.62. The molecular weight excluding hydrogens is 443 g/mol. The van der Waals surface area contributed by atoms with E-state index in [0.717, 1.165) is 29.7 Å². The molecule has 0 saturated carbocycles. The molecule has 33 heavy (non-hydrogen) atoms. The summed E-state index contributed by atoms with van der Waals surface area (Å²) in [5, 5.41) is 6.29. The van der Waals surface area contributed by atoms with Crippen molar-refractivity contribution in [2.75, 3.05) is 24.9 Å². The molecular formula is C25H25FN2O4S. The molecule has 0 saturated heterocycles. The largest absolute Gasteiger partial charge is 0.497 e. The summed E-state index contributed by atoms with van der Waals surface area (Å²) >= 11 is 1.43. The lowest BCUT2D eigenvalue weighted by Crippen LogP contribution is -2.19. The lowest BCUT2D eigenvalue weighted by Gasteiger charge is -2.19. The molecule has 2 aromatic carbocycles. The summed E-state index contributed by atoms with van der Waals surface area (Å²) in [7, 11) is 3.08. The molecule has 0 fully saturated rings. The quantitative estimate of drug-likeness (QED) is 0.498. The van der Waals surface area contributed by atoms with Crippen molar-refractivity contribution in [2.24, 2.45) is 5.92 Å². The second-order valence-corrected chi connectivity index (χ2v) is 9.14. The minimum Gasteiger partial charge on any atom is -0.497 e. The summed E-state index contributed by atoms with van der Waals surface area (Å²) in [5.41, 5.74) is 2.26. The fourth-order valence-electron chi connectivity index (χ4n) is 3.94. The second-order valence-electron chi connectivity index (χ2n) is 8.04. The van der Waals surface area contributed by atoms with Crippen LogP contribution in [0, 0.1) is 11.7 Å². The molecule has 0 radical (unpaired) electrons. The standard InChI is InChI=1S/C25H25FN2O4S/c1-14-4-10-18-21(12-14)33-25(28-23(29)15-5-7-16(26)8-6-15)22(18)24(30)27-19-11-9-17(31-2)13-20(19)32-3/h5-9,11,13-14H,4,10,12H2,1-3H3,(H,27,30)(H,28,29)/t14-/m0/s1. The number of rotatable bonds is 6. The van der Waals surface area contributed by atoms with Crippen LogP contribution in [0.2, 0.25) is 0 Å². The predicted octanol–water partition coefficient (Wildman–Crippen LogP) is 5.53. The molecule has 1 atom stereocenters. The van der Waals surface area contributed by atoms with Gasteiger partial charge in [-0.15, -0.1) is 11.3 Å². The summed E-state index contributed by atoms with van der Waals surface area (Å²) in [6.45, 7) is 2.18. The predicted molar refractivity (Wildman–Crippen MR) is 127 cm³/mol. The van der Waals surface area contributed by atoms with Crippen molar-refractivity contribution in [1.29, 1.82) is 0 Å². The molecule has 172 valence electrons. The first-order chi connectivity index (χ1) is 15.9. The van der Waals surface area contributed by atoms with E-state index in [4.69, 9.17) is 9.47 Å². The van der Waals surface area contributed by atoms with Crippen molar-refractivity contribution in [3.05, 3.63) is 69.8 Å². The van der Waals surface area contributed by atoms with E-state index in [1.807, 2.05) is 0 Å². The lowest BCUT2D eigenvalue weighted by molar-refractivity contribution is 0.102. The summed E-state index contributed by atoms with van der Waals surface area (Å²) in [6, 6.07) is 10.5. The highest BCUT2D eigenvalue weighted by Crippen LogP contribution is 2.41. The maximum absolute atomic E-state index is 13.4. The Morgan fingerprint density at radius 3 is 2.48 bits per heavy atom. The third-order valence-corrected chi connectivity index (χ3v) is 6.90. The molecule has 0 aliphatic heterocycles. The van der Waals surface area contributed by atoms with E-state index >= 15 is 0 Å². The van der Waals surface area contributed by atoms with Gasteiger partial charge in [-0.3, -0.25) is 9.59 Å². The zero-order chi connectivity index (χ0) is 23.5. The highest BCUT2D eigenvalue weighted by atomic mass is 32.1. The van der Waals surface area contributed by atoms with Crippen molar-refractivity contribution >= 4 is 33.8 Å². The van der Waals surface area contributed by atoms with E-state index in [1.165, 1.54) is 42.7 Å². The van der Waals surface area contributed by atoms with Gasteiger partial charge in [0.1, 0.15) is 22.3 Å². The Morgan fingerprint density at radius 2 is 1.79 bits per heavy atom. The molecule has 6 nitrogen and oxygen atoms in total. The molecule has 4 rings (SSSR count). The lowest BCUT2D eigenvalue weighted by atomic mass is 9.88. The molecule has 3 aromatic rings. The minimum absolute atomic E-state index is 0.319. The molecule has 0 spiro atoms. The van der Waals surface area contributed by atoms with Crippen molar-refractivity contribution in [3.8, 4) is 11.5 Å². The van der Waals surface area contributed by atoms with Crippen LogP contribution in [0.15, 0.2) is 42.5 Å². The van der Waals surface area contributed by atoms with Crippen molar-refractivity contribution < 1.29 is 23.5 Å². The molecule has 1 aliphatic rings. The van der Waals surface area contributed by atoms with Gasteiger partial charge >= 0.3 is 0 Å². The van der Waals surface area contributed by atoms with E-state index in [-0.39, 0.29) is 5.91 Å². The zero-order valence-corrected chi connectivity index (χ0v) is 19.5. The number of amides is 2. The number of hydrogen-bond acceptors (Lipinski definition) is 5. The average Bonchev–Trinajstić information content (AvgIpc) is 3.16.